The number of carbonyl (C=O) groups is 1. The van der Waals surface area contributed by atoms with Crippen LogP contribution in [0.4, 0.5) is 5.69 Å². The molecule has 2 aromatic rings. The van der Waals surface area contributed by atoms with Crippen LogP contribution in [0, 0.1) is 6.92 Å². The van der Waals surface area contributed by atoms with Gasteiger partial charge in [0.05, 0.1) is 0 Å². The third kappa shape index (κ3) is 5.54. The van der Waals surface area contributed by atoms with Crippen LogP contribution < -0.4 is 10.6 Å². The fourth-order valence-corrected chi connectivity index (χ4v) is 2.53. The molecule has 0 aliphatic carbocycles. The second-order valence-electron chi connectivity index (χ2n) is 5.19. The Labute approximate surface area is 136 Å². The van der Waals surface area contributed by atoms with E-state index in [9.17, 15) is 4.79 Å². The average Bonchev–Trinajstić information content (AvgIpc) is 2.52. The van der Waals surface area contributed by atoms with Crippen molar-refractivity contribution < 1.29 is 4.79 Å². The van der Waals surface area contributed by atoms with Gasteiger partial charge in [0.15, 0.2) is 0 Å². The molecular weight excluding hydrogens is 292 g/mol. The van der Waals surface area contributed by atoms with Crippen LogP contribution in [-0.2, 0) is 11.3 Å². The van der Waals surface area contributed by atoms with Gasteiger partial charge < -0.3 is 10.6 Å². The number of hydrogen-bond acceptors (Lipinski definition) is 3. The summed E-state index contributed by atoms with van der Waals surface area (Å²) in [4.78, 5) is 13.1. The smallest absolute Gasteiger partial charge is 0.225 e. The van der Waals surface area contributed by atoms with E-state index in [0.29, 0.717) is 13.0 Å². The Balaban J connectivity index is 1.68. The molecule has 1 amide bonds. The standard InChI is InChI=1S/C18H22N2OS/c1-14-4-3-5-16(12-14)20-18(21)10-11-19-13-15-6-8-17(22-2)9-7-15/h3-9,12,19H,10-11,13H2,1-2H3,(H,20,21). The molecule has 2 N–H and O–H groups in total. The Bertz CT molecular complexity index is 611. The lowest BCUT2D eigenvalue weighted by molar-refractivity contribution is -0.116. The van der Waals surface area contributed by atoms with E-state index in [4.69, 9.17) is 0 Å². The minimum absolute atomic E-state index is 0.0378. The Morgan fingerprint density at radius 1 is 1.14 bits per heavy atom. The molecule has 2 rings (SSSR count). The van der Waals surface area contributed by atoms with Gasteiger partial charge in [0, 0.05) is 30.1 Å². The summed E-state index contributed by atoms with van der Waals surface area (Å²) in [5.41, 5.74) is 3.24. The van der Waals surface area contributed by atoms with Crippen LogP contribution in [0.1, 0.15) is 17.5 Å². The average molecular weight is 314 g/mol. The second-order valence-corrected chi connectivity index (χ2v) is 6.07. The normalized spacial score (nSPS) is 10.5. The SMILES string of the molecule is CSc1ccc(CNCCC(=O)Nc2cccc(C)c2)cc1. The largest absolute Gasteiger partial charge is 0.326 e. The molecule has 0 atom stereocenters. The predicted octanol–water partition coefficient (Wildman–Crippen LogP) is 3.84. The predicted molar refractivity (Wildman–Crippen MR) is 94.4 cm³/mol. The third-order valence-electron chi connectivity index (χ3n) is 3.32. The second kappa shape index (κ2) is 8.61. The molecule has 4 heteroatoms. The molecular formula is C18H22N2OS. The van der Waals surface area contributed by atoms with Crippen molar-refractivity contribution in [3.63, 3.8) is 0 Å². The van der Waals surface area contributed by atoms with Crippen molar-refractivity contribution in [2.45, 2.75) is 24.8 Å². The highest BCUT2D eigenvalue weighted by Crippen LogP contribution is 2.14. The molecule has 3 nitrogen and oxygen atoms in total. The molecule has 0 fully saturated rings. The molecule has 0 aliphatic heterocycles. The first-order chi connectivity index (χ1) is 10.7. The van der Waals surface area contributed by atoms with Gasteiger partial charge in [-0.05, 0) is 48.6 Å². The maximum atomic E-state index is 11.9. The number of anilines is 1. The molecule has 0 saturated carbocycles. The van der Waals surface area contributed by atoms with Crippen LogP contribution in [0.25, 0.3) is 0 Å². The third-order valence-corrected chi connectivity index (χ3v) is 4.06. The molecule has 2 aromatic carbocycles. The number of benzene rings is 2. The summed E-state index contributed by atoms with van der Waals surface area (Å²) in [6.07, 6.45) is 2.54. The fourth-order valence-electron chi connectivity index (χ4n) is 2.12. The summed E-state index contributed by atoms with van der Waals surface area (Å²) >= 11 is 1.74. The summed E-state index contributed by atoms with van der Waals surface area (Å²) < 4.78 is 0. The lowest BCUT2D eigenvalue weighted by Crippen LogP contribution is -2.21. The molecule has 0 aliphatic rings. The Hall–Kier alpha value is -1.78. The highest BCUT2D eigenvalue weighted by Gasteiger charge is 2.02. The van der Waals surface area contributed by atoms with E-state index in [1.54, 1.807) is 11.8 Å². The summed E-state index contributed by atoms with van der Waals surface area (Å²) in [6, 6.07) is 16.3. The van der Waals surface area contributed by atoms with Gasteiger partial charge in [0.25, 0.3) is 0 Å². The molecule has 22 heavy (non-hydrogen) atoms. The molecule has 0 aromatic heterocycles. The monoisotopic (exact) mass is 314 g/mol. The summed E-state index contributed by atoms with van der Waals surface area (Å²) in [5, 5.41) is 6.21. The lowest BCUT2D eigenvalue weighted by atomic mass is 10.2. The zero-order valence-electron chi connectivity index (χ0n) is 13.1. The van der Waals surface area contributed by atoms with Gasteiger partial charge in [-0.2, -0.15) is 0 Å². The van der Waals surface area contributed by atoms with E-state index < -0.39 is 0 Å². The van der Waals surface area contributed by atoms with Gasteiger partial charge in [0.1, 0.15) is 0 Å². The van der Waals surface area contributed by atoms with Gasteiger partial charge in [-0.3, -0.25) is 4.79 Å². The number of thioether (sulfide) groups is 1. The maximum absolute atomic E-state index is 11.9. The summed E-state index contributed by atoms with van der Waals surface area (Å²) in [6.45, 7) is 3.47. The Morgan fingerprint density at radius 2 is 1.91 bits per heavy atom. The van der Waals surface area contributed by atoms with Crippen molar-refractivity contribution in [3.8, 4) is 0 Å². The number of aryl methyl sites for hydroxylation is 1. The number of nitrogens with one attached hydrogen (secondary N) is 2. The van der Waals surface area contributed by atoms with Crippen LogP contribution >= 0.6 is 11.8 Å². The highest BCUT2D eigenvalue weighted by atomic mass is 32.2. The van der Waals surface area contributed by atoms with Gasteiger partial charge in [-0.25, -0.2) is 0 Å². The first-order valence-corrected chi connectivity index (χ1v) is 8.60. The summed E-state index contributed by atoms with van der Waals surface area (Å²) in [5.74, 6) is 0.0378. The Morgan fingerprint density at radius 3 is 2.59 bits per heavy atom. The molecule has 0 radical (unpaired) electrons. The van der Waals surface area contributed by atoms with Gasteiger partial charge >= 0.3 is 0 Å². The van der Waals surface area contributed by atoms with E-state index in [2.05, 4.69) is 41.2 Å². The van der Waals surface area contributed by atoms with Crippen LogP contribution in [0.3, 0.4) is 0 Å². The van der Waals surface area contributed by atoms with E-state index in [0.717, 1.165) is 17.8 Å². The Kier molecular flexibility index (Phi) is 6.49. The van der Waals surface area contributed by atoms with Crippen LogP contribution in [0.2, 0.25) is 0 Å². The van der Waals surface area contributed by atoms with Crippen LogP contribution in [-0.4, -0.2) is 18.7 Å². The van der Waals surface area contributed by atoms with Crippen molar-refractivity contribution in [1.82, 2.24) is 5.32 Å². The van der Waals surface area contributed by atoms with E-state index in [-0.39, 0.29) is 5.91 Å². The van der Waals surface area contributed by atoms with E-state index >= 15 is 0 Å². The van der Waals surface area contributed by atoms with Crippen molar-refractivity contribution in [3.05, 3.63) is 59.7 Å². The van der Waals surface area contributed by atoms with Gasteiger partial charge in [-0.1, -0.05) is 24.3 Å². The molecule has 0 saturated heterocycles. The van der Waals surface area contributed by atoms with Gasteiger partial charge in [0.2, 0.25) is 5.91 Å². The zero-order valence-corrected chi connectivity index (χ0v) is 13.9. The number of rotatable bonds is 7. The lowest BCUT2D eigenvalue weighted by Gasteiger charge is -2.07. The zero-order chi connectivity index (χ0) is 15.8. The van der Waals surface area contributed by atoms with Crippen LogP contribution in [0.5, 0.6) is 0 Å². The topological polar surface area (TPSA) is 41.1 Å². The van der Waals surface area contributed by atoms with E-state index in [1.807, 2.05) is 31.2 Å². The number of carbonyl (C=O) groups excluding carboxylic acids is 1. The van der Waals surface area contributed by atoms with Gasteiger partial charge in [-0.15, -0.1) is 11.8 Å². The van der Waals surface area contributed by atoms with Crippen molar-refractivity contribution in [2.24, 2.45) is 0 Å². The molecule has 0 spiro atoms. The molecule has 0 unspecified atom stereocenters. The quantitative estimate of drug-likeness (QED) is 0.603. The molecule has 0 bridgehead atoms. The van der Waals surface area contributed by atoms with Crippen molar-refractivity contribution >= 4 is 23.4 Å². The maximum Gasteiger partial charge on any atom is 0.225 e. The number of amides is 1. The van der Waals surface area contributed by atoms with Crippen molar-refractivity contribution in [1.29, 1.82) is 0 Å². The minimum Gasteiger partial charge on any atom is -0.326 e. The first kappa shape index (κ1) is 16.6. The van der Waals surface area contributed by atoms with E-state index in [1.165, 1.54) is 10.5 Å². The minimum atomic E-state index is 0.0378. The number of hydrogen-bond donors (Lipinski definition) is 2. The molecule has 0 heterocycles. The molecule has 116 valence electrons. The summed E-state index contributed by atoms with van der Waals surface area (Å²) in [7, 11) is 0. The van der Waals surface area contributed by atoms with Crippen molar-refractivity contribution in [2.75, 3.05) is 18.1 Å². The van der Waals surface area contributed by atoms with Crippen LogP contribution in [0.15, 0.2) is 53.4 Å². The fraction of sp³-hybridized carbons (Fsp3) is 0.278. The first-order valence-electron chi connectivity index (χ1n) is 7.37. The highest BCUT2D eigenvalue weighted by molar-refractivity contribution is 7.98.